The second kappa shape index (κ2) is 5.34. The molecule has 1 aromatic rings. The van der Waals surface area contributed by atoms with Crippen LogP contribution in [0.25, 0.3) is 0 Å². The molecule has 0 aromatic heterocycles. The van der Waals surface area contributed by atoms with Gasteiger partial charge in [0.1, 0.15) is 0 Å². The fraction of sp³-hybridized carbons (Fsp3) is 0.417. The molecule has 1 aromatic carbocycles. The maximum absolute atomic E-state index is 11.5. The lowest BCUT2D eigenvalue weighted by Gasteiger charge is -2.20. The number of nitrogens with one attached hydrogen (secondary N) is 2. The molecule has 16 heavy (non-hydrogen) atoms. The second-order valence-electron chi connectivity index (χ2n) is 4.66. The van der Waals surface area contributed by atoms with Gasteiger partial charge in [0.25, 0.3) is 0 Å². The Balaban J connectivity index is 2.43. The molecule has 0 saturated carbocycles. The highest BCUT2D eigenvalue weighted by atomic mass is 79.9. The predicted octanol–water partition coefficient (Wildman–Crippen LogP) is 2.78. The van der Waals surface area contributed by atoms with Crippen molar-refractivity contribution in [1.29, 1.82) is 0 Å². The summed E-state index contributed by atoms with van der Waals surface area (Å²) in [5, 5.41) is 5.96. The summed E-state index contributed by atoms with van der Waals surface area (Å²) in [5.41, 5.74) is 0.745. The number of anilines is 1. The molecule has 0 fully saturated rings. The largest absolute Gasteiger partial charge is 0.376 e. The summed E-state index contributed by atoms with van der Waals surface area (Å²) >= 11 is 3.38. The molecule has 0 unspecified atom stereocenters. The van der Waals surface area contributed by atoms with Crippen molar-refractivity contribution in [2.75, 3.05) is 11.9 Å². The van der Waals surface area contributed by atoms with Crippen molar-refractivity contribution in [2.24, 2.45) is 0 Å². The normalized spacial score (nSPS) is 11.0. The fourth-order valence-corrected chi connectivity index (χ4v) is 1.64. The summed E-state index contributed by atoms with van der Waals surface area (Å²) in [6.45, 7) is 6.17. The first-order valence-electron chi connectivity index (χ1n) is 5.17. The minimum absolute atomic E-state index is 0.00697. The Morgan fingerprint density at radius 2 is 2.06 bits per heavy atom. The molecule has 88 valence electrons. The maximum atomic E-state index is 11.5. The van der Waals surface area contributed by atoms with Gasteiger partial charge in [-0.1, -0.05) is 22.0 Å². The van der Waals surface area contributed by atoms with E-state index in [-0.39, 0.29) is 18.0 Å². The number of rotatable bonds is 3. The van der Waals surface area contributed by atoms with Gasteiger partial charge in [0, 0.05) is 15.7 Å². The minimum atomic E-state index is -0.184. The summed E-state index contributed by atoms with van der Waals surface area (Å²) < 4.78 is 0.994. The molecule has 0 aliphatic rings. The number of hydrogen-bond donors (Lipinski definition) is 2. The van der Waals surface area contributed by atoms with E-state index in [2.05, 4.69) is 26.6 Å². The number of carbonyl (C=O) groups excluding carboxylic acids is 1. The van der Waals surface area contributed by atoms with E-state index in [0.29, 0.717) is 0 Å². The van der Waals surface area contributed by atoms with Crippen LogP contribution in [0.2, 0.25) is 0 Å². The molecule has 4 heteroatoms. The molecule has 0 saturated heterocycles. The number of halogens is 1. The number of amides is 1. The lowest BCUT2D eigenvalue weighted by atomic mass is 10.1. The molecular formula is C12H17BrN2O. The molecule has 0 aliphatic carbocycles. The first kappa shape index (κ1) is 13.0. The van der Waals surface area contributed by atoms with Crippen LogP contribution in [0.3, 0.4) is 0 Å². The van der Waals surface area contributed by atoms with Gasteiger partial charge in [-0.2, -0.15) is 0 Å². The Labute approximate surface area is 105 Å². The van der Waals surface area contributed by atoms with E-state index in [4.69, 9.17) is 0 Å². The van der Waals surface area contributed by atoms with E-state index in [1.807, 2.05) is 45.0 Å². The predicted molar refractivity (Wildman–Crippen MR) is 70.5 cm³/mol. The third-order valence-corrected chi connectivity index (χ3v) is 2.29. The molecule has 2 N–H and O–H groups in total. The molecule has 0 radical (unpaired) electrons. The summed E-state index contributed by atoms with van der Waals surface area (Å²) in [4.78, 5) is 11.5. The van der Waals surface area contributed by atoms with Gasteiger partial charge in [-0.15, -0.1) is 0 Å². The van der Waals surface area contributed by atoms with E-state index in [1.165, 1.54) is 0 Å². The average molecular weight is 285 g/mol. The van der Waals surface area contributed by atoms with Crippen molar-refractivity contribution in [3.63, 3.8) is 0 Å². The van der Waals surface area contributed by atoms with E-state index in [1.54, 1.807) is 0 Å². The second-order valence-corrected chi connectivity index (χ2v) is 5.58. The van der Waals surface area contributed by atoms with Crippen molar-refractivity contribution in [2.45, 2.75) is 26.3 Å². The molecule has 1 amide bonds. The lowest BCUT2D eigenvalue weighted by molar-refractivity contribution is -0.120. The lowest BCUT2D eigenvalue weighted by Crippen LogP contribution is -2.43. The van der Waals surface area contributed by atoms with Gasteiger partial charge in [0.15, 0.2) is 0 Å². The van der Waals surface area contributed by atoms with Gasteiger partial charge < -0.3 is 10.6 Å². The maximum Gasteiger partial charge on any atom is 0.239 e. The molecule has 0 atom stereocenters. The number of carbonyl (C=O) groups is 1. The van der Waals surface area contributed by atoms with Crippen molar-refractivity contribution in [1.82, 2.24) is 5.32 Å². The standard InChI is InChI=1S/C12H17BrN2O/c1-12(2,3)15-11(16)8-14-10-6-4-5-9(13)7-10/h4-7,14H,8H2,1-3H3,(H,15,16). The smallest absolute Gasteiger partial charge is 0.239 e. The van der Waals surface area contributed by atoms with E-state index >= 15 is 0 Å². The van der Waals surface area contributed by atoms with Crippen molar-refractivity contribution >= 4 is 27.5 Å². The zero-order chi connectivity index (χ0) is 12.2. The first-order chi connectivity index (χ1) is 7.37. The van der Waals surface area contributed by atoms with Crippen LogP contribution < -0.4 is 10.6 Å². The highest BCUT2D eigenvalue weighted by Crippen LogP contribution is 2.15. The molecule has 3 nitrogen and oxygen atoms in total. The average Bonchev–Trinajstić information content (AvgIpc) is 2.12. The van der Waals surface area contributed by atoms with Crippen molar-refractivity contribution in [3.05, 3.63) is 28.7 Å². The molecule has 0 heterocycles. The van der Waals surface area contributed by atoms with Crippen LogP contribution >= 0.6 is 15.9 Å². The van der Waals surface area contributed by atoms with Gasteiger partial charge in [0.05, 0.1) is 6.54 Å². The summed E-state index contributed by atoms with van der Waals surface area (Å²) in [6, 6.07) is 7.73. The SMILES string of the molecule is CC(C)(C)NC(=O)CNc1cccc(Br)c1. The van der Waals surface area contributed by atoms with Crippen LogP contribution in [0, 0.1) is 0 Å². The van der Waals surface area contributed by atoms with Crippen molar-refractivity contribution < 1.29 is 4.79 Å². The topological polar surface area (TPSA) is 41.1 Å². The summed E-state index contributed by atoms with van der Waals surface area (Å²) in [6.07, 6.45) is 0. The molecule has 0 spiro atoms. The van der Waals surface area contributed by atoms with Crippen molar-refractivity contribution in [3.8, 4) is 0 Å². The molecule has 0 bridgehead atoms. The Morgan fingerprint density at radius 1 is 1.38 bits per heavy atom. The Bertz CT molecular complexity index is 372. The zero-order valence-electron chi connectivity index (χ0n) is 9.80. The van der Waals surface area contributed by atoms with Gasteiger partial charge >= 0.3 is 0 Å². The number of benzene rings is 1. The molecule has 1 rings (SSSR count). The van der Waals surface area contributed by atoms with Gasteiger partial charge in [-0.05, 0) is 39.0 Å². The highest BCUT2D eigenvalue weighted by molar-refractivity contribution is 9.10. The van der Waals surface area contributed by atoms with E-state index < -0.39 is 0 Å². The fourth-order valence-electron chi connectivity index (χ4n) is 1.24. The minimum Gasteiger partial charge on any atom is -0.376 e. The Morgan fingerprint density at radius 3 is 2.62 bits per heavy atom. The van der Waals surface area contributed by atoms with Crippen LogP contribution in [0.5, 0.6) is 0 Å². The van der Waals surface area contributed by atoms with E-state index in [0.717, 1.165) is 10.2 Å². The molecular weight excluding hydrogens is 268 g/mol. The highest BCUT2D eigenvalue weighted by Gasteiger charge is 2.12. The third kappa shape index (κ3) is 5.16. The van der Waals surface area contributed by atoms with E-state index in [9.17, 15) is 4.79 Å². The van der Waals surface area contributed by atoms with Crippen LogP contribution in [0.1, 0.15) is 20.8 Å². The van der Waals surface area contributed by atoms with Crippen LogP contribution in [-0.4, -0.2) is 18.0 Å². The van der Waals surface area contributed by atoms with Gasteiger partial charge in [-0.3, -0.25) is 4.79 Å². The summed E-state index contributed by atoms with van der Waals surface area (Å²) in [5.74, 6) is -0.00697. The Kier molecular flexibility index (Phi) is 4.35. The monoisotopic (exact) mass is 284 g/mol. The third-order valence-electron chi connectivity index (χ3n) is 1.79. The van der Waals surface area contributed by atoms with Gasteiger partial charge in [-0.25, -0.2) is 0 Å². The Hall–Kier alpha value is -1.03. The quantitative estimate of drug-likeness (QED) is 0.896. The van der Waals surface area contributed by atoms with Crippen LogP contribution in [0.4, 0.5) is 5.69 Å². The van der Waals surface area contributed by atoms with Gasteiger partial charge in [0.2, 0.25) is 5.91 Å². The van der Waals surface area contributed by atoms with Crippen LogP contribution in [0.15, 0.2) is 28.7 Å². The molecule has 0 aliphatic heterocycles. The summed E-state index contributed by atoms with van der Waals surface area (Å²) in [7, 11) is 0. The number of hydrogen-bond acceptors (Lipinski definition) is 2. The zero-order valence-corrected chi connectivity index (χ0v) is 11.4. The first-order valence-corrected chi connectivity index (χ1v) is 5.96. The van der Waals surface area contributed by atoms with Crippen LogP contribution in [-0.2, 0) is 4.79 Å².